The number of hydrogen-bond acceptors (Lipinski definition) is 4. The molecule has 38 heavy (non-hydrogen) atoms. The molecule has 0 aliphatic carbocycles. The topological polar surface area (TPSA) is 45.8 Å². The van der Waals surface area contributed by atoms with Gasteiger partial charge in [-0.3, -0.25) is 4.79 Å². The van der Waals surface area contributed by atoms with Gasteiger partial charge in [-0.25, -0.2) is 8.78 Å². The number of rotatable bonds is 6. The number of thiophene rings is 1. The molecule has 0 spiro atoms. The second-order valence-corrected chi connectivity index (χ2v) is 10.7. The van der Waals surface area contributed by atoms with Crippen LogP contribution in [0.5, 0.6) is 0 Å². The summed E-state index contributed by atoms with van der Waals surface area (Å²) in [5.41, 5.74) is -1.18. The van der Waals surface area contributed by atoms with Gasteiger partial charge in [0.15, 0.2) is 0 Å². The molecule has 3 nitrogen and oxygen atoms in total. The van der Waals surface area contributed by atoms with E-state index in [1.807, 2.05) is 18.4 Å². The molecule has 0 N–H and O–H groups in total. The second-order valence-electron chi connectivity index (χ2n) is 8.90. The number of nitrogens with zero attached hydrogens (tertiary/aromatic N) is 2. The first-order chi connectivity index (χ1) is 17.9. The van der Waals surface area contributed by atoms with Gasteiger partial charge in [-0.1, -0.05) is 26.0 Å². The molecule has 0 aliphatic heterocycles. The smallest absolute Gasteiger partial charge is 0.302 e. The van der Waals surface area contributed by atoms with Crippen molar-refractivity contribution in [1.82, 2.24) is 4.57 Å². The Morgan fingerprint density at radius 2 is 1.79 bits per heavy atom. The Hall–Kier alpha value is -3.42. The van der Waals surface area contributed by atoms with Gasteiger partial charge in [-0.15, -0.1) is 23.1 Å². The zero-order chi connectivity index (χ0) is 27.8. The minimum atomic E-state index is -4.96. The number of alkyl halides is 3. The molecule has 0 radical (unpaired) electrons. The first kappa shape index (κ1) is 27.6. The monoisotopic (exact) mass is 560 g/mol. The third kappa shape index (κ3) is 5.54. The predicted molar refractivity (Wildman–Crippen MR) is 140 cm³/mol. The summed E-state index contributed by atoms with van der Waals surface area (Å²) in [5.74, 6) is -1.54. The van der Waals surface area contributed by atoms with Crippen LogP contribution in [-0.4, -0.2) is 10.8 Å². The first-order valence-electron chi connectivity index (χ1n) is 11.4. The van der Waals surface area contributed by atoms with E-state index in [0.29, 0.717) is 10.9 Å². The molecule has 2 heterocycles. The van der Waals surface area contributed by atoms with Crippen LogP contribution in [0.4, 0.5) is 22.0 Å². The van der Waals surface area contributed by atoms with Crippen LogP contribution in [0.3, 0.4) is 0 Å². The number of aromatic nitrogens is 1. The molecule has 0 atom stereocenters. The highest BCUT2D eigenvalue weighted by molar-refractivity contribution is 7.98. The second kappa shape index (κ2) is 10.8. The Kier molecular flexibility index (Phi) is 7.81. The highest BCUT2D eigenvalue weighted by Crippen LogP contribution is 2.38. The van der Waals surface area contributed by atoms with Crippen LogP contribution in [0.15, 0.2) is 63.6 Å². The summed E-state index contributed by atoms with van der Waals surface area (Å²) in [6.45, 7) is 3.63. The minimum Gasteiger partial charge on any atom is -0.302 e. The summed E-state index contributed by atoms with van der Waals surface area (Å²) >= 11 is 2.70. The van der Waals surface area contributed by atoms with Crippen molar-refractivity contribution in [3.05, 3.63) is 98.2 Å². The Balaban J connectivity index is 1.93. The maximum atomic E-state index is 14.5. The van der Waals surface area contributed by atoms with Crippen LogP contribution in [0.2, 0.25) is 0 Å². The summed E-state index contributed by atoms with van der Waals surface area (Å²) in [6, 6.07) is 12.6. The van der Waals surface area contributed by atoms with Crippen LogP contribution >= 0.6 is 23.1 Å². The lowest BCUT2D eigenvalue weighted by Crippen LogP contribution is -2.28. The van der Waals surface area contributed by atoms with Gasteiger partial charge in [0.05, 0.1) is 22.7 Å². The fraction of sp³-hybridized carbons (Fsp3) is 0.214. The Morgan fingerprint density at radius 1 is 1.05 bits per heavy atom. The van der Waals surface area contributed by atoms with Crippen LogP contribution in [0, 0.1) is 23.0 Å². The third-order valence-electron chi connectivity index (χ3n) is 6.08. The molecule has 2 aromatic heterocycles. The molecule has 2 aromatic carbocycles. The highest BCUT2D eigenvalue weighted by atomic mass is 32.2. The summed E-state index contributed by atoms with van der Waals surface area (Å²) in [5, 5.41) is 11.2. The molecule has 4 rings (SSSR count). The molecule has 10 heteroatoms. The van der Waals surface area contributed by atoms with E-state index in [0.717, 1.165) is 55.7 Å². The standard InChI is InChI=1S/C28H21F5N2OS2/c1-15(2)17-6-18(8-21(7-17)37-3)19-9-26(38-14-19)25-11-23(28(31,32)33)22(12-34)27(36)35(25)13-16-4-5-20(29)10-24(16)30/h4-11,14-15H,13H2,1-3H3. The van der Waals surface area contributed by atoms with Gasteiger partial charge < -0.3 is 4.57 Å². The Labute approximate surface area is 224 Å². The van der Waals surface area contributed by atoms with Gasteiger partial charge >= 0.3 is 6.18 Å². The summed E-state index contributed by atoms with van der Waals surface area (Å²) in [4.78, 5) is 14.5. The van der Waals surface area contributed by atoms with E-state index in [4.69, 9.17) is 0 Å². The first-order valence-corrected chi connectivity index (χ1v) is 13.5. The lowest BCUT2D eigenvalue weighted by Gasteiger charge is -2.17. The van der Waals surface area contributed by atoms with E-state index < -0.39 is 41.0 Å². The number of nitriles is 1. The molecule has 4 aromatic rings. The van der Waals surface area contributed by atoms with Crippen LogP contribution in [0.1, 0.15) is 42.0 Å². The van der Waals surface area contributed by atoms with Crippen molar-refractivity contribution >= 4 is 23.1 Å². The van der Waals surface area contributed by atoms with Gasteiger partial charge in [-0.2, -0.15) is 18.4 Å². The maximum absolute atomic E-state index is 14.5. The number of benzene rings is 2. The molecule has 0 saturated carbocycles. The fourth-order valence-corrected chi connectivity index (χ4v) is 5.46. The zero-order valence-electron chi connectivity index (χ0n) is 20.5. The van der Waals surface area contributed by atoms with Gasteiger partial charge in [0.2, 0.25) is 0 Å². The quantitative estimate of drug-likeness (QED) is 0.176. The van der Waals surface area contributed by atoms with E-state index in [2.05, 4.69) is 19.9 Å². The Morgan fingerprint density at radius 3 is 2.39 bits per heavy atom. The maximum Gasteiger partial charge on any atom is 0.417 e. The average molecular weight is 561 g/mol. The molecule has 0 amide bonds. The largest absolute Gasteiger partial charge is 0.417 e. The van der Waals surface area contributed by atoms with Gasteiger partial charge in [0, 0.05) is 16.5 Å². The van der Waals surface area contributed by atoms with Crippen molar-refractivity contribution in [2.75, 3.05) is 6.26 Å². The van der Waals surface area contributed by atoms with Crippen molar-refractivity contribution in [3.63, 3.8) is 0 Å². The lowest BCUT2D eigenvalue weighted by molar-refractivity contribution is -0.137. The lowest BCUT2D eigenvalue weighted by atomic mass is 9.98. The van der Waals surface area contributed by atoms with Crippen molar-refractivity contribution in [2.45, 2.75) is 37.4 Å². The molecule has 0 saturated heterocycles. The number of halogens is 5. The molecular weight excluding hydrogens is 539 g/mol. The van der Waals surface area contributed by atoms with Gasteiger partial charge in [-0.05, 0) is 64.6 Å². The predicted octanol–water partition coefficient (Wildman–Crippen LogP) is 8.31. The molecule has 0 unspecified atom stereocenters. The minimum absolute atomic E-state index is 0.107. The number of pyridine rings is 1. The average Bonchev–Trinajstić information content (AvgIpc) is 3.35. The SMILES string of the molecule is CSc1cc(-c2csc(-c3cc(C(F)(F)F)c(C#N)c(=O)n3Cc3ccc(F)cc3F)c2)cc(C(C)C)c1. The van der Waals surface area contributed by atoms with Crippen LogP contribution < -0.4 is 5.56 Å². The van der Waals surface area contributed by atoms with Crippen molar-refractivity contribution < 1.29 is 22.0 Å². The van der Waals surface area contributed by atoms with Crippen LogP contribution in [0.25, 0.3) is 21.7 Å². The van der Waals surface area contributed by atoms with Crippen molar-refractivity contribution in [1.29, 1.82) is 5.26 Å². The van der Waals surface area contributed by atoms with E-state index in [1.54, 1.807) is 23.2 Å². The summed E-state index contributed by atoms with van der Waals surface area (Å²) in [6.07, 6.45) is -3.01. The van der Waals surface area contributed by atoms with E-state index >= 15 is 0 Å². The van der Waals surface area contributed by atoms with Crippen molar-refractivity contribution in [2.24, 2.45) is 0 Å². The molecule has 0 fully saturated rings. The normalized spacial score (nSPS) is 11.7. The highest BCUT2D eigenvalue weighted by Gasteiger charge is 2.37. The molecule has 0 aliphatic rings. The molecular formula is C28H21F5N2OS2. The van der Waals surface area contributed by atoms with E-state index in [1.165, 1.54) is 6.07 Å². The molecule has 196 valence electrons. The fourth-order valence-electron chi connectivity index (χ4n) is 4.02. The van der Waals surface area contributed by atoms with E-state index in [9.17, 15) is 32.0 Å². The van der Waals surface area contributed by atoms with Gasteiger partial charge in [0.25, 0.3) is 5.56 Å². The molecule has 0 bridgehead atoms. The summed E-state index contributed by atoms with van der Waals surface area (Å²) in [7, 11) is 0. The van der Waals surface area contributed by atoms with Crippen molar-refractivity contribution in [3.8, 4) is 27.8 Å². The zero-order valence-corrected chi connectivity index (χ0v) is 22.1. The van der Waals surface area contributed by atoms with Crippen LogP contribution in [-0.2, 0) is 12.7 Å². The van der Waals surface area contributed by atoms with Gasteiger partial charge in [0.1, 0.15) is 23.3 Å². The number of hydrogen-bond donors (Lipinski definition) is 0. The Bertz CT molecular complexity index is 1610. The third-order valence-corrected chi connectivity index (χ3v) is 7.74. The number of thioether (sulfide) groups is 1. The summed E-state index contributed by atoms with van der Waals surface area (Å²) < 4.78 is 70.4. The van der Waals surface area contributed by atoms with E-state index in [-0.39, 0.29) is 17.2 Å².